The molecule has 0 atom stereocenters. The minimum atomic E-state index is 0.271. The Kier molecular flexibility index (Phi) is 1.28. The number of halogens is 1. The SMILES string of the molecule is Clc1ncc2sncc2n1. The van der Waals surface area contributed by atoms with E-state index in [0.29, 0.717) is 0 Å². The Balaban J connectivity index is 2.86. The summed E-state index contributed by atoms with van der Waals surface area (Å²) in [7, 11) is 0. The second kappa shape index (κ2) is 2.14. The van der Waals surface area contributed by atoms with Crippen LogP contribution in [0.2, 0.25) is 5.28 Å². The molecule has 0 bridgehead atoms. The number of aromatic nitrogens is 3. The molecular formula is C5H2ClN3S. The van der Waals surface area contributed by atoms with E-state index in [0.717, 1.165) is 10.2 Å². The molecule has 0 aromatic carbocycles. The maximum atomic E-state index is 5.53. The van der Waals surface area contributed by atoms with Gasteiger partial charge in [0.25, 0.3) is 0 Å². The van der Waals surface area contributed by atoms with Crippen molar-refractivity contribution < 1.29 is 0 Å². The second-order valence-corrected chi connectivity index (χ2v) is 2.89. The fraction of sp³-hybridized carbons (Fsp3) is 0. The minimum absolute atomic E-state index is 0.271. The molecule has 0 radical (unpaired) electrons. The van der Waals surface area contributed by atoms with Gasteiger partial charge < -0.3 is 0 Å². The van der Waals surface area contributed by atoms with Crippen molar-refractivity contribution in [1.29, 1.82) is 0 Å². The highest BCUT2D eigenvalue weighted by Crippen LogP contribution is 2.15. The molecule has 50 valence electrons. The van der Waals surface area contributed by atoms with Crippen LogP contribution < -0.4 is 0 Å². The monoisotopic (exact) mass is 171 g/mol. The van der Waals surface area contributed by atoms with Crippen LogP contribution in [0, 0.1) is 0 Å². The average Bonchev–Trinajstić information content (AvgIpc) is 2.33. The van der Waals surface area contributed by atoms with Crippen molar-refractivity contribution in [3.63, 3.8) is 0 Å². The van der Waals surface area contributed by atoms with Crippen molar-refractivity contribution in [2.45, 2.75) is 0 Å². The van der Waals surface area contributed by atoms with E-state index in [4.69, 9.17) is 11.6 Å². The van der Waals surface area contributed by atoms with E-state index in [1.165, 1.54) is 11.5 Å². The molecule has 0 amide bonds. The van der Waals surface area contributed by atoms with Gasteiger partial charge in [0, 0.05) is 0 Å². The Bertz CT molecular complexity index is 358. The second-order valence-electron chi connectivity index (χ2n) is 1.71. The molecule has 3 nitrogen and oxygen atoms in total. The molecule has 2 heterocycles. The Morgan fingerprint density at radius 2 is 2.30 bits per heavy atom. The lowest BCUT2D eigenvalue weighted by Gasteiger charge is -1.85. The molecule has 0 fully saturated rings. The van der Waals surface area contributed by atoms with Crippen molar-refractivity contribution >= 4 is 33.4 Å². The highest BCUT2D eigenvalue weighted by Gasteiger charge is 1.97. The lowest BCUT2D eigenvalue weighted by Crippen LogP contribution is -1.77. The van der Waals surface area contributed by atoms with Gasteiger partial charge >= 0.3 is 0 Å². The highest BCUT2D eigenvalue weighted by molar-refractivity contribution is 7.13. The first-order valence-corrected chi connectivity index (χ1v) is 3.74. The van der Waals surface area contributed by atoms with Gasteiger partial charge in [0.05, 0.1) is 17.1 Å². The first-order chi connectivity index (χ1) is 4.86. The summed E-state index contributed by atoms with van der Waals surface area (Å²) in [6.45, 7) is 0. The fourth-order valence-corrected chi connectivity index (χ4v) is 1.35. The first kappa shape index (κ1) is 6.00. The van der Waals surface area contributed by atoms with Crippen LogP contribution in [0.5, 0.6) is 0 Å². The largest absolute Gasteiger partial charge is 0.225 e. The van der Waals surface area contributed by atoms with Gasteiger partial charge in [0.1, 0.15) is 5.52 Å². The van der Waals surface area contributed by atoms with Crippen LogP contribution in [0.1, 0.15) is 0 Å². The maximum absolute atomic E-state index is 5.53. The van der Waals surface area contributed by atoms with Crippen LogP contribution in [0.15, 0.2) is 12.4 Å². The molecule has 5 heteroatoms. The standard InChI is InChI=1S/C5H2ClN3S/c6-5-7-2-4-3(9-5)1-8-10-4/h1-2H. The fourth-order valence-electron chi connectivity index (χ4n) is 0.657. The van der Waals surface area contributed by atoms with Crippen molar-refractivity contribution in [2.75, 3.05) is 0 Å². The smallest absolute Gasteiger partial charge is 0.223 e. The molecule has 0 aliphatic carbocycles. The lowest BCUT2D eigenvalue weighted by molar-refractivity contribution is 1.23. The molecule has 2 aromatic rings. The molecule has 2 aromatic heterocycles. The number of hydrogen-bond acceptors (Lipinski definition) is 4. The van der Waals surface area contributed by atoms with Gasteiger partial charge in [-0.2, -0.15) is 4.37 Å². The zero-order valence-corrected chi connectivity index (χ0v) is 6.35. The van der Waals surface area contributed by atoms with Gasteiger partial charge in [-0.1, -0.05) is 0 Å². The van der Waals surface area contributed by atoms with Crippen LogP contribution in [0.25, 0.3) is 10.2 Å². The third-order valence-electron chi connectivity index (χ3n) is 1.08. The van der Waals surface area contributed by atoms with E-state index in [-0.39, 0.29) is 5.28 Å². The molecule has 0 aliphatic rings. The lowest BCUT2D eigenvalue weighted by atomic mass is 10.5. The Morgan fingerprint density at radius 1 is 1.40 bits per heavy atom. The van der Waals surface area contributed by atoms with Gasteiger partial charge in [0.2, 0.25) is 5.28 Å². The zero-order valence-electron chi connectivity index (χ0n) is 4.78. The topological polar surface area (TPSA) is 38.7 Å². The third kappa shape index (κ3) is 0.853. The minimum Gasteiger partial charge on any atom is -0.225 e. The summed E-state index contributed by atoms with van der Waals surface area (Å²) in [6, 6.07) is 0. The maximum Gasteiger partial charge on any atom is 0.223 e. The van der Waals surface area contributed by atoms with Crippen LogP contribution in [0.4, 0.5) is 0 Å². The molecule has 0 saturated carbocycles. The predicted molar refractivity (Wildman–Crippen MR) is 40.2 cm³/mol. The van der Waals surface area contributed by atoms with Crippen molar-refractivity contribution in [2.24, 2.45) is 0 Å². The van der Waals surface area contributed by atoms with Crippen LogP contribution in [0.3, 0.4) is 0 Å². The van der Waals surface area contributed by atoms with Gasteiger partial charge in [-0.3, -0.25) is 0 Å². The average molecular weight is 172 g/mol. The van der Waals surface area contributed by atoms with Gasteiger partial charge in [-0.15, -0.1) is 0 Å². The number of nitrogens with zero attached hydrogens (tertiary/aromatic N) is 3. The molecule has 2 rings (SSSR count). The summed E-state index contributed by atoms with van der Waals surface area (Å²) in [6.07, 6.45) is 3.34. The molecule has 0 aliphatic heterocycles. The molecular weight excluding hydrogens is 170 g/mol. The Hall–Kier alpha value is -0.740. The van der Waals surface area contributed by atoms with Crippen molar-refractivity contribution in [3.8, 4) is 0 Å². The molecule has 10 heavy (non-hydrogen) atoms. The quantitative estimate of drug-likeness (QED) is 0.567. The summed E-state index contributed by atoms with van der Waals surface area (Å²) < 4.78 is 4.89. The van der Waals surface area contributed by atoms with Crippen molar-refractivity contribution in [3.05, 3.63) is 17.7 Å². The summed E-state index contributed by atoms with van der Waals surface area (Å²) in [5, 5.41) is 0.271. The van der Waals surface area contributed by atoms with E-state index in [1.807, 2.05) is 0 Å². The molecule has 0 saturated heterocycles. The third-order valence-corrected chi connectivity index (χ3v) is 1.98. The summed E-state index contributed by atoms with van der Waals surface area (Å²) in [5.74, 6) is 0. The van der Waals surface area contributed by atoms with Gasteiger partial charge in [0.15, 0.2) is 0 Å². The van der Waals surface area contributed by atoms with E-state index < -0.39 is 0 Å². The van der Waals surface area contributed by atoms with Crippen molar-refractivity contribution in [1.82, 2.24) is 14.3 Å². The van der Waals surface area contributed by atoms with Crippen LogP contribution >= 0.6 is 23.1 Å². The first-order valence-electron chi connectivity index (χ1n) is 2.59. The van der Waals surface area contributed by atoms with E-state index in [9.17, 15) is 0 Å². The predicted octanol–water partition coefficient (Wildman–Crippen LogP) is 1.74. The molecule has 0 spiro atoms. The normalized spacial score (nSPS) is 10.5. The summed E-state index contributed by atoms with van der Waals surface area (Å²) >= 11 is 6.89. The number of fused-ring (bicyclic) bond motifs is 1. The zero-order chi connectivity index (χ0) is 6.97. The van der Waals surface area contributed by atoms with E-state index in [2.05, 4.69) is 14.3 Å². The summed E-state index contributed by atoms with van der Waals surface area (Å²) in [4.78, 5) is 7.74. The van der Waals surface area contributed by atoms with E-state index in [1.54, 1.807) is 12.4 Å². The molecule has 0 N–H and O–H groups in total. The summed E-state index contributed by atoms with van der Waals surface area (Å²) in [5.41, 5.74) is 0.810. The molecule has 0 unspecified atom stereocenters. The Morgan fingerprint density at radius 3 is 3.20 bits per heavy atom. The Labute approximate surface area is 65.9 Å². The van der Waals surface area contributed by atoms with Crippen LogP contribution in [-0.2, 0) is 0 Å². The van der Waals surface area contributed by atoms with Gasteiger partial charge in [-0.05, 0) is 23.1 Å². The van der Waals surface area contributed by atoms with Crippen LogP contribution in [-0.4, -0.2) is 14.3 Å². The number of hydrogen-bond donors (Lipinski definition) is 0. The highest BCUT2D eigenvalue weighted by atomic mass is 35.5. The van der Waals surface area contributed by atoms with E-state index >= 15 is 0 Å². The number of rotatable bonds is 0. The van der Waals surface area contributed by atoms with Gasteiger partial charge in [-0.25, -0.2) is 9.97 Å².